The lowest BCUT2D eigenvalue weighted by atomic mass is 9.93. The molecular formula is C29H32NOP. The summed E-state index contributed by atoms with van der Waals surface area (Å²) in [6.45, 7) is 3.63. The van der Waals surface area contributed by atoms with Crippen molar-refractivity contribution in [3.63, 3.8) is 0 Å². The minimum Gasteiger partial charge on any atom is -0.488 e. The minimum atomic E-state index is 0.560. The van der Waals surface area contributed by atoms with Gasteiger partial charge in [0.2, 0.25) is 0 Å². The molecule has 3 aromatic carbocycles. The Bertz CT molecular complexity index is 1090. The SMILES string of the molecule is CNCc1cc(C)ccc1Pc1cc(CC2C=CC=CC2)ccc1OCc1ccccc1. The van der Waals surface area contributed by atoms with Gasteiger partial charge in [-0.15, -0.1) is 0 Å². The molecule has 3 heteroatoms. The van der Waals surface area contributed by atoms with Crippen molar-refractivity contribution in [3.8, 4) is 5.75 Å². The normalized spacial score (nSPS) is 15.5. The zero-order chi connectivity index (χ0) is 22.2. The van der Waals surface area contributed by atoms with Crippen LogP contribution in [0.2, 0.25) is 0 Å². The highest BCUT2D eigenvalue weighted by molar-refractivity contribution is 7.55. The molecule has 2 atom stereocenters. The van der Waals surface area contributed by atoms with E-state index < -0.39 is 0 Å². The number of nitrogens with one attached hydrogen (secondary N) is 1. The lowest BCUT2D eigenvalue weighted by Gasteiger charge is -2.18. The number of hydrogen-bond acceptors (Lipinski definition) is 2. The van der Waals surface area contributed by atoms with E-state index in [2.05, 4.69) is 97.2 Å². The number of ether oxygens (including phenoxy) is 1. The Morgan fingerprint density at radius 2 is 1.81 bits per heavy atom. The molecule has 3 aromatic rings. The van der Waals surface area contributed by atoms with Crippen molar-refractivity contribution in [2.45, 2.75) is 32.9 Å². The molecule has 1 aliphatic carbocycles. The van der Waals surface area contributed by atoms with Gasteiger partial charge in [-0.25, -0.2) is 0 Å². The van der Waals surface area contributed by atoms with Gasteiger partial charge in [-0.2, -0.15) is 0 Å². The van der Waals surface area contributed by atoms with Crippen LogP contribution in [0, 0.1) is 12.8 Å². The molecular weight excluding hydrogens is 409 g/mol. The molecule has 0 radical (unpaired) electrons. The first-order chi connectivity index (χ1) is 15.7. The maximum atomic E-state index is 6.33. The third-order valence-corrected chi connectivity index (χ3v) is 7.16. The summed E-state index contributed by atoms with van der Waals surface area (Å²) in [5.41, 5.74) is 5.24. The molecule has 164 valence electrons. The summed E-state index contributed by atoms with van der Waals surface area (Å²) in [5.74, 6) is 1.57. The Hall–Kier alpha value is -2.67. The third-order valence-electron chi connectivity index (χ3n) is 5.75. The monoisotopic (exact) mass is 441 g/mol. The number of allylic oxidation sites excluding steroid dienone is 4. The van der Waals surface area contributed by atoms with E-state index in [9.17, 15) is 0 Å². The Morgan fingerprint density at radius 1 is 0.938 bits per heavy atom. The molecule has 0 aromatic heterocycles. The maximum absolute atomic E-state index is 6.33. The average Bonchev–Trinajstić information content (AvgIpc) is 2.82. The number of benzene rings is 3. The second-order valence-electron chi connectivity index (χ2n) is 8.43. The molecule has 0 amide bonds. The molecule has 0 spiro atoms. The third kappa shape index (κ3) is 6.19. The highest BCUT2D eigenvalue weighted by Gasteiger charge is 2.13. The number of aryl methyl sites for hydroxylation is 1. The molecule has 2 unspecified atom stereocenters. The van der Waals surface area contributed by atoms with Gasteiger partial charge in [0.25, 0.3) is 0 Å². The molecule has 1 N–H and O–H groups in total. The fourth-order valence-corrected chi connectivity index (χ4v) is 5.39. The molecule has 2 nitrogen and oxygen atoms in total. The van der Waals surface area contributed by atoms with Crippen LogP contribution >= 0.6 is 8.58 Å². The molecule has 0 fully saturated rings. The van der Waals surface area contributed by atoms with Crippen LogP contribution in [0.4, 0.5) is 0 Å². The van der Waals surface area contributed by atoms with Gasteiger partial charge >= 0.3 is 0 Å². The van der Waals surface area contributed by atoms with Crippen LogP contribution in [0.3, 0.4) is 0 Å². The Kier molecular flexibility index (Phi) is 7.93. The van der Waals surface area contributed by atoms with Crippen LogP contribution in [-0.4, -0.2) is 7.05 Å². The van der Waals surface area contributed by atoms with Gasteiger partial charge in [-0.05, 0) is 66.9 Å². The largest absolute Gasteiger partial charge is 0.488 e. The van der Waals surface area contributed by atoms with Crippen molar-refractivity contribution >= 4 is 19.2 Å². The van der Waals surface area contributed by atoms with E-state index >= 15 is 0 Å². The highest BCUT2D eigenvalue weighted by Crippen LogP contribution is 2.26. The summed E-state index contributed by atoms with van der Waals surface area (Å²) in [6.07, 6.45) is 11.1. The summed E-state index contributed by atoms with van der Waals surface area (Å²) in [4.78, 5) is 0. The Labute approximate surface area is 194 Å². The van der Waals surface area contributed by atoms with Crippen molar-refractivity contribution in [2.24, 2.45) is 5.92 Å². The minimum absolute atomic E-state index is 0.560. The first-order valence-electron chi connectivity index (χ1n) is 11.4. The number of hydrogen-bond donors (Lipinski definition) is 1. The van der Waals surface area contributed by atoms with Crippen LogP contribution in [0.5, 0.6) is 5.75 Å². The maximum Gasteiger partial charge on any atom is 0.127 e. The van der Waals surface area contributed by atoms with E-state index in [1.165, 1.54) is 32.9 Å². The fraction of sp³-hybridized carbons (Fsp3) is 0.241. The van der Waals surface area contributed by atoms with Gasteiger partial charge in [0.1, 0.15) is 12.4 Å². The average molecular weight is 442 g/mol. The Balaban J connectivity index is 1.60. The van der Waals surface area contributed by atoms with Gasteiger partial charge < -0.3 is 10.1 Å². The first-order valence-corrected chi connectivity index (χ1v) is 12.4. The molecule has 1 aliphatic rings. The quantitative estimate of drug-likeness (QED) is 0.437. The number of rotatable bonds is 9. The van der Waals surface area contributed by atoms with Crippen molar-refractivity contribution in [1.82, 2.24) is 5.32 Å². The molecule has 4 rings (SSSR count). The van der Waals surface area contributed by atoms with Crippen molar-refractivity contribution in [2.75, 3.05) is 7.05 Å². The predicted molar refractivity (Wildman–Crippen MR) is 139 cm³/mol. The topological polar surface area (TPSA) is 21.3 Å². The van der Waals surface area contributed by atoms with Crippen LogP contribution in [0.25, 0.3) is 0 Å². The van der Waals surface area contributed by atoms with Crippen LogP contribution in [0.15, 0.2) is 91.0 Å². The second-order valence-corrected chi connectivity index (χ2v) is 9.76. The predicted octanol–water partition coefficient (Wildman–Crippen LogP) is 5.60. The van der Waals surface area contributed by atoms with E-state index in [4.69, 9.17) is 4.74 Å². The summed E-state index contributed by atoms with van der Waals surface area (Å²) in [7, 11) is 2.57. The van der Waals surface area contributed by atoms with E-state index in [0.717, 1.165) is 25.1 Å². The summed E-state index contributed by atoms with van der Waals surface area (Å²) < 4.78 is 6.33. The molecule has 0 bridgehead atoms. The zero-order valence-corrected chi connectivity index (χ0v) is 20.0. The van der Waals surface area contributed by atoms with Crippen LogP contribution in [0.1, 0.15) is 28.7 Å². The second kappa shape index (κ2) is 11.3. The van der Waals surface area contributed by atoms with Crippen LogP contribution < -0.4 is 20.7 Å². The van der Waals surface area contributed by atoms with Gasteiger partial charge in [-0.3, -0.25) is 0 Å². The summed E-state index contributed by atoms with van der Waals surface area (Å²) in [6, 6.07) is 24.0. The van der Waals surface area contributed by atoms with Gasteiger partial charge in [0.15, 0.2) is 0 Å². The molecule has 0 aliphatic heterocycles. The summed E-state index contributed by atoms with van der Waals surface area (Å²) in [5, 5.41) is 5.99. The molecule has 0 saturated heterocycles. The van der Waals surface area contributed by atoms with E-state index in [0.29, 0.717) is 21.1 Å². The van der Waals surface area contributed by atoms with Crippen molar-refractivity contribution in [1.29, 1.82) is 0 Å². The molecule has 0 saturated carbocycles. The van der Waals surface area contributed by atoms with Crippen molar-refractivity contribution in [3.05, 3.63) is 113 Å². The first kappa shape index (κ1) is 22.5. The van der Waals surface area contributed by atoms with E-state index in [1.54, 1.807) is 0 Å². The molecule has 32 heavy (non-hydrogen) atoms. The van der Waals surface area contributed by atoms with E-state index in [1.807, 2.05) is 13.1 Å². The van der Waals surface area contributed by atoms with Gasteiger partial charge in [-0.1, -0.05) is 93.0 Å². The Morgan fingerprint density at radius 3 is 2.59 bits per heavy atom. The lowest BCUT2D eigenvalue weighted by molar-refractivity contribution is 0.309. The molecule has 0 heterocycles. The highest BCUT2D eigenvalue weighted by atomic mass is 31.1. The zero-order valence-electron chi connectivity index (χ0n) is 19.0. The van der Waals surface area contributed by atoms with Crippen molar-refractivity contribution < 1.29 is 4.74 Å². The van der Waals surface area contributed by atoms with Gasteiger partial charge in [0.05, 0.1) is 0 Å². The lowest BCUT2D eigenvalue weighted by Crippen LogP contribution is -2.17. The van der Waals surface area contributed by atoms with E-state index in [-0.39, 0.29) is 0 Å². The van der Waals surface area contributed by atoms with Crippen LogP contribution in [-0.2, 0) is 19.6 Å². The van der Waals surface area contributed by atoms with Gasteiger partial charge in [0, 0.05) is 11.8 Å². The smallest absolute Gasteiger partial charge is 0.127 e. The fourth-order valence-electron chi connectivity index (χ4n) is 4.08. The standard InChI is InChI=1S/C29H32NOP/c1-22-13-16-28(26(17-22)20-30-2)32-29-19-25(18-23-9-5-3-6-10-23)14-15-27(29)31-21-24-11-7-4-8-12-24/h3-9,11-17,19,23,30,32H,10,18,20-21H2,1-2H3. The summed E-state index contributed by atoms with van der Waals surface area (Å²) >= 11 is 0.